The van der Waals surface area contributed by atoms with Crippen molar-refractivity contribution < 1.29 is 14.3 Å². The van der Waals surface area contributed by atoms with Crippen molar-refractivity contribution in [1.29, 1.82) is 0 Å². The summed E-state index contributed by atoms with van der Waals surface area (Å²) in [4.78, 5) is 24.3. The minimum atomic E-state index is -0.478. The second-order valence-corrected chi connectivity index (χ2v) is 5.93. The Bertz CT molecular complexity index is 620. The summed E-state index contributed by atoms with van der Waals surface area (Å²) in [5.41, 5.74) is 1.88. The van der Waals surface area contributed by atoms with Crippen molar-refractivity contribution in [2.45, 2.75) is 38.8 Å². The molecule has 22 heavy (non-hydrogen) atoms. The van der Waals surface area contributed by atoms with Crippen molar-refractivity contribution in [2.75, 3.05) is 0 Å². The third-order valence-electron chi connectivity index (χ3n) is 4.20. The number of allylic oxidation sites excluding steroid dienone is 1. The lowest BCUT2D eigenvalue weighted by Gasteiger charge is -2.28. The highest BCUT2D eigenvalue weighted by Crippen LogP contribution is 2.35. The zero-order valence-corrected chi connectivity index (χ0v) is 12.8. The highest BCUT2D eigenvalue weighted by Gasteiger charge is 2.36. The number of ether oxygens (including phenoxy) is 1. The van der Waals surface area contributed by atoms with Crippen LogP contribution in [0.1, 0.15) is 38.3 Å². The van der Waals surface area contributed by atoms with Gasteiger partial charge in [-0.2, -0.15) is 0 Å². The summed E-state index contributed by atoms with van der Waals surface area (Å²) in [7, 11) is 0. The average Bonchev–Trinajstić information content (AvgIpc) is 3.31. The number of rotatable bonds is 4. The lowest BCUT2D eigenvalue weighted by atomic mass is 9.95. The number of urea groups is 1. The number of carbonyl (C=O) groups excluding carboxylic acids is 2. The summed E-state index contributed by atoms with van der Waals surface area (Å²) in [5, 5.41) is 5.46. The Morgan fingerprint density at radius 1 is 1.27 bits per heavy atom. The van der Waals surface area contributed by atoms with Gasteiger partial charge in [0.25, 0.3) is 0 Å². The van der Waals surface area contributed by atoms with Gasteiger partial charge in [0.1, 0.15) is 6.10 Å². The molecule has 0 spiro atoms. The number of nitrogens with one attached hydrogen (secondary N) is 2. The van der Waals surface area contributed by atoms with Crippen LogP contribution in [0.25, 0.3) is 0 Å². The summed E-state index contributed by atoms with van der Waals surface area (Å²) in [6, 6.07) is 8.66. The van der Waals surface area contributed by atoms with Gasteiger partial charge in [0, 0.05) is 5.70 Å². The monoisotopic (exact) mass is 300 g/mol. The van der Waals surface area contributed by atoms with Crippen LogP contribution in [-0.2, 0) is 9.53 Å². The van der Waals surface area contributed by atoms with Crippen LogP contribution in [0.15, 0.2) is 41.6 Å². The zero-order valence-electron chi connectivity index (χ0n) is 12.8. The molecule has 1 aliphatic carbocycles. The van der Waals surface area contributed by atoms with Crippen molar-refractivity contribution in [3.8, 4) is 0 Å². The van der Waals surface area contributed by atoms with Crippen LogP contribution >= 0.6 is 0 Å². The van der Waals surface area contributed by atoms with Gasteiger partial charge in [0.15, 0.2) is 0 Å². The van der Waals surface area contributed by atoms with Crippen LogP contribution in [0, 0.1) is 5.92 Å². The van der Waals surface area contributed by atoms with Gasteiger partial charge in [-0.3, -0.25) is 0 Å². The normalized spacial score (nSPS) is 22.6. The van der Waals surface area contributed by atoms with Gasteiger partial charge in [0.2, 0.25) is 0 Å². The molecule has 0 aromatic heterocycles. The largest absolute Gasteiger partial charge is 0.459 e. The molecule has 0 bridgehead atoms. The molecule has 5 nitrogen and oxygen atoms in total. The topological polar surface area (TPSA) is 67.4 Å². The van der Waals surface area contributed by atoms with Crippen LogP contribution in [0.3, 0.4) is 0 Å². The molecule has 1 aliphatic heterocycles. The molecule has 2 aliphatic rings. The number of carbonyl (C=O) groups is 2. The molecule has 1 saturated carbocycles. The first-order chi connectivity index (χ1) is 10.6. The van der Waals surface area contributed by atoms with Gasteiger partial charge in [-0.25, -0.2) is 9.59 Å². The quantitative estimate of drug-likeness (QED) is 0.840. The van der Waals surface area contributed by atoms with Gasteiger partial charge in [-0.1, -0.05) is 30.3 Å². The van der Waals surface area contributed by atoms with Crippen LogP contribution in [0.4, 0.5) is 4.79 Å². The first-order valence-corrected chi connectivity index (χ1v) is 7.60. The summed E-state index contributed by atoms with van der Waals surface area (Å²) >= 11 is 0. The molecule has 2 unspecified atom stereocenters. The molecule has 3 rings (SSSR count). The SMILES string of the molecule is CC1=C(C(=O)OC(C)C2CC2)C(c2ccccc2)NC(=O)N1. The Kier molecular flexibility index (Phi) is 3.88. The summed E-state index contributed by atoms with van der Waals surface area (Å²) < 4.78 is 5.58. The Balaban J connectivity index is 1.87. The van der Waals surface area contributed by atoms with Crippen molar-refractivity contribution >= 4 is 12.0 Å². The van der Waals surface area contributed by atoms with Gasteiger partial charge in [-0.15, -0.1) is 0 Å². The van der Waals surface area contributed by atoms with E-state index in [0.717, 1.165) is 18.4 Å². The van der Waals surface area contributed by atoms with Crippen molar-refractivity contribution in [3.63, 3.8) is 0 Å². The van der Waals surface area contributed by atoms with E-state index in [-0.39, 0.29) is 18.1 Å². The lowest BCUT2D eigenvalue weighted by Crippen LogP contribution is -2.45. The minimum absolute atomic E-state index is 0.0816. The third kappa shape index (κ3) is 2.98. The molecule has 1 aromatic carbocycles. The first kappa shape index (κ1) is 14.6. The van der Waals surface area contributed by atoms with Crippen LogP contribution in [0.2, 0.25) is 0 Å². The summed E-state index contributed by atoms with van der Waals surface area (Å²) in [6.45, 7) is 3.66. The second kappa shape index (κ2) is 5.83. The second-order valence-electron chi connectivity index (χ2n) is 5.93. The van der Waals surface area contributed by atoms with E-state index in [9.17, 15) is 9.59 Å². The Labute approximate surface area is 129 Å². The number of esters is 1. The van der Waals surface area contributed by atoms with E-state index in [0.29, 0.717) is 17.2 Å². The molecule has 5 heteroatoms. The van der Waals surface area contributed by atoms with E-state index in [1.807, 2.05) is 37.3 Å². The zero-order chi connectivity index (χ0) is 15.7. The predicted octanol–water partition coefficient (Wildman–Crippen LogP) is 2.66. The standard InChI is InChI=1S/C17H20N2O3/c1-10-14(16(20)22-11(2)12-8-9-12)15(19-17(21)18-10)13-6-4-3-5-7-13/h3-7,11-12,15H,8-9H2,1-2H3,(H2,18,19,21). The van der Waals surface area contributed by atoms with Gasteiger partial charge < -0.3 is 15.4 Å². The van der Waals surface area contributed by atoms with Crippen LogP contribution < -0.4 is 10.6 Å². The molecule has 2 N–H and O–H groups in total. The minimum Gasteiger partial charge on any atom is -0.459 e. The smallest absolute Gasteiger partial charge is 0.338 e. The molecular formula is C17H20N2O3. The van der Waals surface area contributed by atoms with Crippen molar-refractivity contribution in [3.05, 3.63) is 47.2 Å². The fraction of sp³-hybridized carbons (Fsp3) is 0.412. The third-order valence-corrected chi connectivity index (χ3v) is 4.20. The molecule has 0 saturated heterocycles. The number of hydrogen-bond acceptors (Lipinski definition) is 3. The van der Waals surface area contributed by atoms with Gasteiger partial charge >= 0.3 is 12.0 Å². The Morgan fingerprint density at radius 3 is 2.59 bits per heavy atom. The molecule has 2 amide bonds. The maximum atomic E-state index is 12.6. The Hall–Kier alpha value is -2.30. The lowest BCUT2D eigenvalue weighted by molar-refractivity contribution is -0.145. The van der Waals surface area contributed by atoms with E-state index in [1.165, 1.54) is 0 Å². The predicted molar refractivity (Wildman–Crippen MR) is 81.8 cm³/mol. The van der Waals surface area contributed by atoms with Crippen LogP contribution in [0.5, 0.6) is 0 Å². The van der Waals surface area contributed by atoms with E-state index >= 15 is 0 Å². The number of benzene rings is 1. The van der Waals surface area contributed by atoms with Crippen molar-refractivity contribution in [2.24, 2.45) is 5.92 Å². The van der Waals surface area contributed by atoms with E-state index in [1.54, 1.807) is 6.92 Å². The average molecular weight is 300 g/mol. The molecule has 1 fully saturated rings. The van der Waals surface area contributed by atoms with Crippen LogP contribution in [-0.4, -0.2) is 18.1 Å². The van der Waals surface area contributed by atoms with E-state index < -0.39 is 6.04 Å². The fourth-order valence-electron chi connectivity index (χ4n) is 2.75. The fourth-order valence-corrected chi connectivity index (χ4v) is 2.75. The molecule has 116 valence electrons. The van der Waals surface area contributed by atoms with Crippen molar-refractivity contribution in [1.82, 2.24) is 10.6 Å². The number of hydrogen-bond donors (Lipinski definition) is 2. The highest BCUT2D eigenvalue weighted by atomic mass is 16.5. The maximum Gasteiger partial charge on any atom is 0.338 e. The van der Waals surface area contributed by atoms with E-state index in [4.69, 9.17) is 4.74 Å². The number of amides is 2. The molecular weight excluding hydrogens is 280 g/mol. The molecule has 1 aromatic rings. The van der Waals surface area contributed by atoms with Gasteiger partial charge in [0.05, 0.1) is 11.6 Å². The first-order valence-electron chi connectivity index (χ1n) is 7.60. The molecule has 1 heterocycles. The summed E-state index contributed by atoms with van der Waals surface area (Å²) in [5.74, 6) is 0.115. The molecule has 0 radical (unpaired) electrons. The summed E-state index contributed by atoms with van der Waals surface area (Å²) in [6.07, 6.45) is 2.15. The highest BCUT2D eigenvalue weighted by molar-refractivity contribution is 5.95. The Morgan fingerprint density at radius 2 is 1.95 bits per heavy atom. The van der Waals surface area contributed by atoms with Gasteiger partial charge in [-0.05, 0) is 38.2 Å². The maximum absolute atomic E-state index is 12.6. The molecule has 2 atom stereocenters. The van der Waals surface area contributed by atoms with E-state index in [2.05, 4.69) is 10.6 Å².